The monoisotopic (exact) mass is 239 g/mol. The number of amides is 1. The molecular weight excluding hydrogens is 230 g/mol. The molecule has 1 aromatic carbocycles. The number of carbonyl (C=O) groups is 1. The first-order chi connectivity index (χ1) is 7.47. The van der Waals surface area contributed by atoms with Gasteiger partial charge in [-0.3, -0.25) is 4.79 Å². The van der Waals surface area contributed by atoms with Gasteiger partial charge in [-0.1, -0.05) is 12.1 Å². The zero-order valence-electron chi connectivity index (χ0n) is 8.17. The molecule has 0 saturated carbocycles. The molecule has 0 spiro atoms. The molecule has 0 aliphatic rings. The summed E-state index contributed by atoms with van der Waals surface area (Å²) < 4.78 is 25.3. The van der Waals surface area contributed by atoms with Crippen LogP contribution in [0.3, 0.4) is 0 Å². The molecule has 1 amide bonds. The van der Waals surface area contributed by atoms with Crippen LogP contribution >= 0.6 is 0 Å². The quantitative estimate of drug-likeness (QED) is 0.724. The van der Waals surface area contributed by atoms with Crippen molar-refractivity contribution in [3.8, 4) is 6.07 Å². The third-order valence-corrected chi connectivity index (χ3v) is 3.19. The first-order valence-electron chi connectivity index (χ1n) is 4.24. The van der Waals surface area contributed by atoms with Crippen LogP contribution in [0, 0.1) is 11.3 Å². The molecule has 6 nitrogen and oxygen atoms in total. The summed E-state index contributed by atoms with van der Waals surface area (Å²) in [6, 6.07) is 7.44. The number of rotatable bonds is 4. The SMILES string of the molecule is N#Cc1ccccc1S(=O)(=O)NCC(N)=O. The van der Waals surface area contributed by atoms with Crippen LogP contribution in [0.5, 0.6) is 0 Å². The molecule has 0 unspecified atom stereocenters. The zero-order valence-corrected chi connectivity index (χ0v) is 8.99. The van der Waals surface area contributed by atoms with Crippen molar-refractivity contribution in [2.24, 2.45) is 5.73 Å². The number of benzene rings is 1. The maximum absolute atomic E-state index is 11.6. The molecular formula is C9H9N3O3S. The van der Waals surface area contributed by atoms with Crippen LogP contribution in [-0.2, 0) is 14.8 Å². The minimum atomic E-state index is -3.87. The van der Waals surface area contributed by atoms with Gasteiger partial charge in [0.15, 0.2) is 0 Å². The van der Waals surface area contributed by atoms with Crippen molar-refractivity contribution in [1.29, 1.82) is 5.26 Å². The van der Waals surface area contributed by atoms with E-state index in [2.05, 4.69) is 0 Å². The predicted molar refractivity (Wildman–Crippen MR) is 55.5 cm³/mol. The molecule has 0 atom stereocenters. The number of carbonyl (C=O) groups excluding carboxylic acids is 1. The third kappa shape index (κ3) is 2.79. The highest BCUT2D eigenvalue weighted by atomic mass is 32.2. The Bertz CT molecular complexity index is 545. The van der Waals surface area contributed by atoms with Crippen LogP contribution in [-0.4, -0.2) is 20.9 Å². The van der Waals surface area contributed by atoms with Gasteiger partial charge in [-0.25, -0.2) is 13.1 Å². The Morgan fingerprint density at radius 1 is 1.44 bits per heavy atom. The summed E-state index contributed by atoms with van der Waals surface area (Å²) in [7, 11) is -3.87. The van der Waals surface area contributed by atoms with Gasteiger partial charge in [0.2, 0.25) is 15.9 Å². The van der Waals surface area contributed by atoms with Crippen molar-refractivity contribution in [2.75, 3.05) is 6.54 Å². The summed E-state index contributed by atoms with van der Waals surface area (Å²) in [4.78, 5) is 10.3. The highest BCUT2D eigenvalue weighted by Gasteiger charge is 2.18. The van der Waals surface area contributed by atoms with Crippen molar-refractivity contribution in [1.82, 2.24) is 4.72 Å². The Labute approximate surface area is 92.7 Å². The van der Waals surface area contributed by atoms with Crippen LogP contribution in [0.4, 0.5) is 0 Å². The second kappa shape index (κ2) is 4.74. The molecule has 3 N–H and O–H groups in total. The van der Waals surface area contributed by atoms with Gasteiger partial charge in [0.25, 0.3) is 0 Å². The lowest BCUT2D eigenvalue weighted by atomic mass is 10.2. The highest BCUT2D eigenvalue weighted by Crippen LogP contribution is 2.13. The van der Waals surface area contributed by atoms with Crippen LogP contribution < -0.4 is 10.5 Å². The predicted octanol–water partition coefficient (Wildman–Crippen LogP) is -0.678. The molecule has 0 aromatic heterocycles. The second-order valence-electron chi connectivity index (χ2n) is 2.90. The molecule has 1 aromatic rings. The van der Waals surface area contributed by atoms with Crippen molar-refractivity contribution in [3.05, 3.63) is 29.8 Å². The van der Waals surface area contributed by atoms with Gasteiger partial charge in [-0.2, -0.15) is 5.26 Å². The number of primary amides is 1. The van der Waals surface area contributed by atoms with E-state index in [1.54, 1.807) is 12.1 Å². The van der Waals surface area contributed by atoms with E-state index < -0.39 is 22.5 Å². The van der Waals surface area contributed by atoms with Gasteiger partial charge in [0, 0.05) is 0 Å². The molecule has 0 aliphatic heterocycles. The topological polar surface area (TPSA) is 113 Å². The molecule has 16 heavy (non-hydrogen) atoms. The smallest absolute Gasteiger partial charge is 0.242 e. The van der Waals surface area contributed by atoms with E-state index in [0.717, 1.165) is 0 Å². The molecule has 0 radical (unpaired) electrons. The number of nitrogens with one attached hydrogen (secondary N) is 1. The molecule has 1 rings (SSSR count). The van der Waals surface area contributed by atoms with Crippen molar-refractivity contribution >= 4 is 15.9 Å². The fourth-order valence-electron chi connectivity index (χ4n) is 1.04. The fraction of sp³-hybridized carbons (Fsp3) is 0.111. The summed E-state index contributed by atoms with van der Waals surface area (Å²) >= 11 is 0. The average molecular weight is 239 g/mol. The Morgan fingerprint density at radius 2 is 2.06 bits per heavy atom. The first kappa shape index (κ1) is 12.2. The summed E-state index contributed by atoms with van der Waals surface area (Å²) in [6.07, 6.45) is 0. The first-order valence-corrected chi connectivity index (χ1v) is 5.73. The van der Waals surface area contributed by atoms with Crippen molar-refractivity contribution < 1.29 is 13.2 Å². The Kier molecular flexibility index (Phi) is 3.60. The molecule has 0 saturated heterocycles. The van der Waals surface area contributed by atoms with E-state index >= 15 is 0 Å². The van der Waals surface area contributed by atoms with E-state index in [1.807, 2.05) is 4.72 Å². The van der Waals surface area contributed by atoms with Crippen LogP contribution in [0.2, 0.25) is 0 Å². The van der Waals surface area contributed by atoms with Gasteiger partial charge < -0.3 is 5.73 Å². The van der Waals surface area contributed by atoms with Gasteiger partial charge in [-0.15, -0.1) is 0 Å². The van der Waals surface area contributed by atoms with Crippen LogP contribution in [0.25, 0.3) is 0 Å². The summed E-state index contributed by atoms with van der Waals surface area (Å²) in [6.45, 7) is -0.498. The molecule has 7 heteroatoms. The molecule has 0 fully saturated rings. The van der Waals surface area contributed by atoms with E-state index in [4.69, 9.17) is 11.0 Å². The van der Waals surface area contributed by atoms with E-state index in [-0.39, 0.29) is 10.5 Å². The number of hydrogen-bond acceptors (Lipinski definition) is 4. The maximum Gasteiger partial charge on any atom is 0.242 e. The Hall–Kier alpha value is -1.91. The molecule has 0 heterocycles. The normalized spacial score (nSPS) is 10.7. The van der Waals surface area contributed by atoms with Gasteiger partial charge >= 0.3 is 0 Å². The maximum atomic E-state index is 11.6. The number of sulfonamides is 1. The molecule has 0 bridgehead atoms. The zero-order chi connectivity index (χ0) is 12.2. The lowest BCUT2D eigenvalue weighted by Crippen LogP contribution is -2.33. The van der Waals surface area contributed by atoms with Gasteiger partial charge in [0.1, 0.15) is 6.07 Å². The highest BCUT2D eigenvalue weighted by molar-refractivity contribution is 7.89. The van der Waals surface area contributed by atoms with Crippen LogP contribution in [0.15, 0.2) is 29.2 Å². The number of nitriles is 1. The Morgan fingerprint density at radius 3 is 2.62 bits per heavy atom. The standard InChI is InChI=1S/C9H9N3O3S/c10-5-7-3-1-2-4-8(7)16(14,15)12-6-9(11)13/h1-4,12H,6H2,(H2,11,13). The lowest BCUT2D eigenvalue weighted by molar-refractivity contribution is -0.116. The largest absolute Gasteiger partial charge is 0.369 e. The molecule has 0 aliphatic carbocycles. The number of nitrogens with two attached hydrogens (primary N) is 1. The Balaban J connectivity index is 3.08. The van der Waals surface area contributed by atoms with Crippen LogP contribution in [0.1, 0.15) is 5.56 Å². The van der Waals surface area contributed by atoms with Gasteiger partial charge in [0.05, 0.1) is 17.0 Å². The van der Waals surface area contributed by atoms with E-state index in [0.29, 0.717) is 0 Å². The third-order valence-electron chi connectivity index (χ3n) is 1.73. The minimum Gasteiger partial charge on any atom is -0.369 e. The number of hydrogen-bond donors (Lipinski definition) is 2. The fourth-order valence-corrected chi connectivity index (χ4v) is 2.19. The minimum absolute atomic E-state index is 0.0134. The van der Waals surface area contributed by atoms with Gasteiger partial charge in [-0.05, 0) is 12.1 Å². The van der Waals surface area contributed by atoms with E-state index in [9.17, 15) is 13.2 Å². The van der Waals surface area contributed by atoms with Crippen molar-refractivity contribution in [2.45, 2.75) is 4.90 Å². The second-order valence-corrected chi connectivity index (χ2v) is 4.63. The number of nitrogens with zero attached hydrogens (tertiary/aromatic N) is 1. The lowest BCUT2D eigenvalue weighted by Gasteiger charge is -2.05. The van der Waals surface area contributed by atoms with E-state index in [1.165, 1.54) is 18.2 Å². The average Bonchev–Trinajstić information content (AvgIpc) is 2.26. The molecule has 84 valence electrons. The van der Waals surface area contributed by atoms with Crippen molar-refractivity contribution in [3.63, 3.8) is 0 Å². The summed E-state index contributed by atoms with van der Waals surface area (Å²) in [5.41, 5.74) is 4.83. The summed E-state index contributed by atoms with van der Waals surface area (Å²) in [5, 5.41) is 8.73. The summed E-state index contributed by atoms with van der Waals surface area (Å²) in [5.74, 6) is -0.794.